The predicted octanol–water partition coefficient (Wildman–Crippen LogP) is 5.28. The molecule has 13 heteroatoms. The summed E-state index contributed by atoms with van der Waals surface area (Å²) in [7, 11) is 0. The molecule has 3 amide bonds. The third-order valence-electron chi connectivity index (χ3n) is 5.49. The molecule has 1 unspecified atom stereocenters. The molecule has 3 N–H and O–H groups in total. The monoisotopic (exact) mass is 588 g/mol. The van der Waals surface area contributed by atoms with E-state index < -0.39 is 22.0 Å². The van der Waals surface area contributed by atoms with Crippen molar-refractivity contribution in [2.75, 3.05) is 10.6 Å². The standard InChI is InChI=1S/C28H24N6O5S2/c1-17(25(35)31-28-33-32-18(2)41-28)40-23-14-10-21(11-15-23)29-27(37)24(30-26(36)20-6-4-3-5-7-20)16-19-8-12-22(13-9-19)34(38)39/h3-17H,1-2H3,(H,29,37)(H,30,36)(H,31,33,35)/b24-16-. The first-order valence-corrected chi connectivity index (χ1v) is 13.9. The van der Waals surface area contributed by atoms with Crippen LogP contribution in [0.2, 0.25) is 0 Å². The van der Waals surface area contributed by atoms with E-state index in [9.17, 15) is 24.5 Å². The van der Waals surface area contributed by atoms with Gasteiger partial charge in [0.15, 0.2) is 0 Å². The first-order valence-electron chi connectivity index (χ1n) is 12.2. The first-order chi connectivity index (χ1) is 19.7. The number of carbonyl (C=O) groups excluding carboxylic acids is 3. The Morgan fingerprint density at radius 3 is 2.24 bits per heavy atom. The molecule has 3 aromatic carbocycles. The van der Waals surface area contributed by atoms with Crippen LogP contribution in [-0.2, 0) is 9.59 Å². The van der Waals surface area contributed by atoms with Crippen molar-refractivity contribution in [3.8, 4) is 0 Å². The van der Waals surface area contributed by atoms with Gasteiger partial charge in [0.25, 0.3) is 17.5 Å². The van der Waals surface area contributed by atoms with Crippen molar-refractivity contribution in [2.45, 2.75) is 24.0 Å². The summed E-state index contributed by atoms with van der Waals surface area (Å²) in [6.45, 7) is 3.58. The predicted molar refractivity (Wildman–Crippen MR) is 159 cm³/mol. The van der Waals surface area contributed by atoms with Crippen LogP contribution in [-0.4, -0.2) is 38.1 Å². The van der Waals surface area contributed by atoms with E-state index in [1.54, 1.807) is 68.4 Å². The summed E-state index contributed by atoms with van der Waals surface area (Å²) in [4.78, 5) is 49.8. The van der Waals surface area contributed by atoms with Crippen LogP contribution < -0.4 is 16.0 Å². The van der Waals surface area contributed by atoms with E-state index in [-0.39, 0.29) is 17.3 Å². The maximum atomic E-state index is 13.2. The smallest absolute Gasteiger partial charge is 0.272 e. The molecule has 1 heterocycles. The van der Waals surface area contributed by atoms with Gasteiger partial charge in [-0.1, -0.05) is 29.5 Å². The number of rotatable bonds is 10. The van der Waals surface area contributed by atoms with Gasteiger partial charge in [-0.3, -0.25) is 29.8 Å². The van der Waals surface area contributed by atoms with E-state index in [4.69, 9.17) is 0 Å². The second-order valence-corrected chi connectivity index (χ2v) is 11.2. The molecule has 0 radical (unpaired) electrons. The highest BCUT2D eigenvalue weighted by molar-refractivity contribution is 8.00. The topological polar surface area (TPSA) is 156 Å². The fourth-order valence-corrected chi connectivity index (χ4v) is 4.89. The molecule has 0 fully saturated rings. The summed E-state index contributed by atoms with van der Waals surface area (Å²) in [5, 5.41) is 27.7. The van der Waals surface area contributed by atoms with Gasteiger partial charge in [0.1, 0.15) is 10.7 Å². The van der Waals surface area contributed by atoms with Gasteiger partial charge >= 0.3 is 0 Å². The van der Waals surface area contributed by atoms with Gasteiger partial charge in [-0.05, 0) is 74.0 Å². The summed E-state index contributed by atoms with van der Waals surface area (Å²) < 4.78 is 0. The maximum absolute atomic E-state index is 13.2. The van der Waals surface area contributed by atoms with Crippen molar-refractivity contribution in [2.24, 2.45) is 0 Å². The number of aryl methyl sites for hydroxylation is 1. The van der Waals surface area contributed by atoms with Crippen LogP contribution in [0.4, 0.5) is 16.5 Å². The Labute approximate surface area is 243 Å². The minimum absolute atomic E-state index is 0.0524. The lowest BCUT2D eigenvalue weighted by atomic mass is 10.1. The minimum atomic E-state index is -0.590. The molecular formula is C28H24N6O5S2. The third-order valence-corrected chi connectivity index (χ3v) is 7.36. The summed E-state index contributed by atoms with van der Waals surface area (Å²) in [5.74, 6) is -1.29. The van der Waals surface area contributed by atoms with Crippen molar-refractivity contribution in [3.63, 3.8) is 0 Å². The zero-order chi connectivity index (χ0) is 29.4. The Balaban J connectivity index is 1.45. The highest BCUT2D eigenvalue weighted by Crippen LogP contribution is 2.26. The van der Waals surface area contributed by atoms with Crippen molar-refractivity contribution in [1.29, 1.82) is 0 Å². The summed E-state index contributed by atoms with van der Waals surface area (Å²) in [6, 6.07) is 20.9. The average Bonchev–Trinajstić information content (AvgIpc) is 3.38. The Hall–Kier alpha value is -4.88. The van der Waals surface area contributed by atoms with Gasteiger partial charge in [-0.25, -0.2) is 0 Å². The number of aromatic nitrogens is 2. The van der Waals surface area contributed by atoms with E-state index >= 15 is 0 Å². The van der Waals surface area contributed by atoms with E-state index in [1.165, 1.54) is 53.4 Å². The van der Waals surface area contributed by atoms with Crippen LogP contribution in [0.3, 0.4) is 0 Å². The van der Waals surface area contributed by atoms with Crippen LogP contribution in [0.1, 0.15) is 27.9 Å². The Bertz CT molecular complexity index is 1590. The normalized spacial score (nSPS) is 11.8. The van der Waals surface area contributed by atoms with Crippen LogP contribution >= 0.6 is 23.1 Å². The molecule has 4 rings (SSSR count). The van der Waals surface area contributed by atoms with E-state index in [2.05, 4.69) is 26.1 Å². The molecule has 0 saturated carbocycles. The highest BCUT2D eigenvalue weighted by atomic mass is 32.2. The summed E-state index contributed by atoms with van der Waals surface area (Å²) >= 11 is 2.63. The molecule has 208 valence electrons. The van der Waals surface area contributed by atoms with Crippen LogP contribution in [0.5, 0.6) is 0 Å². The van der Waals surface area contributed by atoms with Crippen LogP contribution in [0.25, 0.3) is 6.08 Å². The van der Waals surface area contributed by atoms with Gasteiger partial charge in [-0.15, -0.1) is 22.0 Å². The fourth-order valence-electron chi connectivity index (χ4n) is 3.43. The first kappa shape index (κ1) is 29.1. The lowest BCUT2D eigenvalue weighted by molar-refractivity contribution is -0.384. The highest BCUT2D eigenvalue weighted by Gasteiger charge is 2.18. The Morgan fingerprint density at radius 2 is 1.63 bits per heavy atom. The molecule has 0 bridgehead atoms. The zero-order valence-electron chi connectivity index (χ0n) is 21.9. The van der Waals surface area contributed by atoms with Gasteiger partial charge in [0.05, 0.1) is 10.2 Å². The van der Waals surface area contributed by atoms with Crippen LogP contribution in [0.15, 0.2) is 89.5 Å². The number of nitro groups is 1. The van der Waals surface area contributed by atoms with E-state index in [0.29, 0.717) is 21.9 Å². The van der Waals surface area contributed by atoms with Crippen molar-refractivity contribution in [1.82, 2.24) is 15.5 Å². The van der Waals surface area contributed by atoms with Gasteiger partial charge in [-0.2, -0.15) is 0 Å². The summed E-state index contributed by atoms with van der Waals surface area (Å²) in [5.41, 5.74) is 1.15. The largest absolute Gasteiger partial charge is 0.321 e. The number of hydrogen-bond acceptors (Lipinski definition) is 9. The van der Waals surface area contributed by atoms with Gasteiger partial charge in [0, 0.05) is 28.3 Å². The number of benzene rings is 3. The molecule has 0 saturated heterocycles. The Morgan fingerprint density at radius 1 is 0.951 bits per heavy atom. The molecule has 11 nitrogen and oxygen atoms in total. The molecule has 0 aliphatic heterocycles. The number of nitrogens with zero attached hydrogens (tertiary/aromatic N) is 3. The van der Waals surface area contributed by atoms with Crippen molar-refractivity contribution in [3.05, 3.63) is 111 Å². The number of hydrogen-bond donors (Lipinski definition) is 3. The third kappa shape index (κ3) is 8.30. The minimum Gasteiger partial charge on any atom is -0.321 e. The zero-order valence-corrected chi connectivity index (χ0v) is 23.5. The molecule has 4 aromatic rings. The SMILES string of the molecule is Cc1nnc(NC(=O)C(C)Sc2ccc(NC(=O)/C(=C/c3ccc([N+](=O)[O-])cc3)NC(=O)c3ccccc3)cc2)s1. The lowest BCUT2D eigenvalue weighted by Gasteiger charge is -2.13. The number of anilines is 2. The number of amides is 3. The number of carbonyl (C=O) groups is 3. The van der Waals surface area contributed by atoms with Crippen molar-refractivity contribution >= 4 is 63.4 Å². The molecule has 1 aromatic heterocycles. The molecule has 41 heavy (non-hydrogen) atoms. The maximum Gasteiger partial charge on any atom is 0.272 e. The second-order valence-electron chi connectivity index (χ2n) is 8.58. The van der Waals surface area contributed by atoms with Gasteiger partial charge in [0.2, 0.25) is 11.0 Å². The molecule has 0 aliphatic carbocycles. The lowest BCUT2D eigenvalue weighted by Crippen LogP contribution is -2.30. The fraction of sp³-hybridized carbons (Fsp3) is 0.107. The van der Waals surface area contributed by atoms with Crippen LogP contribution in [0, 0.1) is 17.0 Å². The number of non-ortho nitro benzene ring substituents is 1. The van der Waals surface area contributed by atoms with Gasteiger partial charge < -0.3 is 10.6 Å². The summed E-state index contributed by atoms with van der Waals surface area (Å²) in [6.07, 6.45) is 1.43. The number of nitro benzene ring substituents is 1. The molecular weight excluding hydrogens is 564 g/mol. The van der Waals surface area contributed by atoms with Crippen molar-refractivity contribution < 1.29 is 19.3 Å². The quantitative estimate of drug-likeness (QED) is 0.0977. The average molecular weight is 589 g/mol. The van der Waals surface area contributed by atoms with E-state index in [0.717, 1.165) is 9.90 Å². The molecule has 1 atom stereocenters. The second kappa shape index (κ2) is 13.5. The Kier molecular flexibility index (Phi) is 9.55. The number of nitrogens with one attached hydrogen (secondary N) is 3. The molecule has 0 spiro atoms. The molecule has 0 aliphatic rings. The van der Waals surface area contributed by atoms with E-state index in [1.807, 2.05) is 0 Å². The number of thioether (sulfide) groups is 1.